The van der Waals surface area contributed by atoms with Crippen LogP contribution in [0.2, 0.25) is 0 Å². The summed E-state index contributed by atoms with van der Waals surface area (Å²) in [5.41, 5.74) is 3.01. The van der Waals surface area contributed by atoms with Crippen LogP contribution in [-0.4, -0.2) is 6.54 Å². The molecular formula is C18H29N. The molecule has 1 aromatic rings. The molecule has 0 aromatic heterocycles. The number of benzene rings is 1. The first kappa shape index (κ1) is 14.6. The minimum absolute atomic E-state index is 0.524. The molecule has 1 fully saturated rings. The first-order valence-electron chi connectivity index (χ1n) is 8.04. The molecular weight excluding hydrogens is 230 g/mol. The average molecular weight is 259 g/mol. The molecule has 2 rings (SSSR count). The maximum absolute atomic E-state index is 3.69. The van der Waals surface area contributed by atoms with Crippen molar-refractivity contribution in [3.05, 3.63) is 35.4 Å². The number of hydrogen-bond donors (Lipinski definition) is 1. The lowest BCUT2D eigenvalue weighted by Gasteiger charge is -2.27. The maximum Gasteiger partial charge on any atom is 0.0322 e. The zero-order valence-corrected chi connectivity index (χ0v) is 12.8. The second-order valence-corrected chi connectivity index (χ2v) is 6.43. The summed E-state index contributed by atoms with van der Waals surface area (Å²) in [7, 11) is 0. The molecule has 1 nitrogen and oxygen atoms in total. The van der Waals surface area contributed by atoms with Gasteiger partial charge in [-0.15, -0.1) is 0 Å². The molecule has 1 atom stereocenters. The summed E-state index contributed by atoms with van der Waals surface area (Å²) in [5.74, 6) is 1.59. The van der Waals surface area contributed by atoms with Gasteiger partial charge < -0.3 is 5.32 Å². The summed E-state index contributed by atoms with van der Waals surface area (Å²) in [4.78, 5) is 0. The van der Waals surface area contributed by atoms with Crippen LogP contribution in [0.25, 0.3) is 0 Å². The van der Waals surface area contributed by atoms with Gasteiger partial charge in [0.25, 0.3) is 0 Å². The highest BCUT2D eigenvalue weighted by atomic mass is 14.9. The van der Waals surface area contributed by atoms with Crippen molar-refractivity contribution in [2.45, 2.75) is 64.8 Å². The normalized spacial score (nSPS) is 17.5. The number of hydrogen-bond acceptors (Lipinski definition) is 1. The SMILES string of the molecule is CCCNC(CC(C)C)c1ccc(C2CCC2)cc1. The Balaban J connectivity index is 2.02. The summed E-state index contributed by atoms with van der Waals surface area (Å²) in [6.45, 7) is 7.97. The molecule has 0 heterocycles. The van der Waals surface area contributed by atoms with E-state index in [9.17, 15) is 0 Å². The Kier molecular flexibility index (Phi) is 5.45. The van der Waals surface area contributed by atoms with Crippen LogP contribution in [0, 0.1) is 5.92 Å². The highest BCUT2D eigenvalue weighted by Crippen LogP contribution is 2.36. The molecule has 1 heteroatoms. The van der Waals surface area contributed by atoms with E-state index in [0.717, 1.165) is 18.4 Å². The fraction of sp³-hybridized carbons (Fsp3) is 0.667. The van der Waals surface area contributed by atoms with Crippen molar-refractivity contribution in [2.75, 3.05) is 6.54 Å². The second-order valence-electron chi connectivity index (χ2n) is 6.43. The molecule has 0 aliphatic heterocycles. The third-order valence-corrected chi connectivity index (χ3v) is 4.26. The number of nitrogens with one attached hydrogen (secondary N) is 1. The monoisotopic (exact) mass is 259 g/mol. The van der Waals surface area contributed by atoms with Gasteiger partial charge in [0.15, 0.2) is 0 Å². The van der Waals surface area contributed by atoms with E-state index in [-0.39, 0.29) is 0 Å². The highest BCUT2D eigenvalue weighted by Gasteiger charge is 2.20. The molecule has 1 aliphatic carbocycles. The summed E-state index contributed by atoms with van der Waals surface area (Å²) in [6, 6.07) is 9.95. The Morgan fingerprint density at radius 3 is 2.32 bits per heavy atom. The Morgan fingerprint density at radius 2 is 1.84 bits per heavy atom. The summed E-state index contributed by atoms with van der Waals surface area (Å²) in [5, 5.41) is 3.69. The maximum atomic E-state index is 3.69. The third kappa shape index (κ3) is 4.07. The van der Waals surface area contributed by atoms with Crippen LogP contribution in [0.15, 0.2) is 24.3 Å². The van der Waals surface area contributed by atoms with Crippen molar-refractivity contribution in [2.24, 2.45) is 5.92 Å². The molecule has 0 spiro atoms. The van der Waals surface area contributed by atoms with Crippen molar-refractivity contribution < 1.29 is 0 Å². The largest absolute Gasteiger partial charge is 0.310 e. The molecule has 1 unspecified atom stereocenters. The summed E-state index contributed by atoms with van der Waals surface area (Å²) >= 11 is 0. The van der Waals surface area contributed by atoms with E-state index in [4.69, 9.17) is 0 Å². The van der Waals surface area contributed by atoms with Gasteiger partial charge in [-0.25, -0.2) is 0 Å². The van der Waals surface area contributed by atoms with E-state index >= 15 is 0 Å². The number of rotatable bonds is 7. The van der Waals surface area contributed by atoms with Crippen molar-refractivity contribution in [1.29, 1.82) is 0 Å². The zero-order valence-electron chi connectivity index (χ0n) is 12.8. The van der Waals surface area contributed by atoms with E-state index < -0.39 is 0 Å². The van der Waals surface area contributed by atoms with E-state index in [1.54, 1.807) is 5.56 Å². The van der Waals surface area contributed by atoms with Gasteiger partial charge >= 0.3 is 0 Å². The van der Waals surface area contributed by atoms with Crippen LogP contribution in [0.1, 0.15) is 76.0 Å². The summed E-state index contributed by atoms with van der Waals surface area (Å²) < 4.78 is 0. The van der Waals surface area contributed by atoms with Crippen LogP contribution < -0.4 is 5.32 Å². The lowest BCUT2D eigenvalue weighted by Crippen LogP contribution is -2.23. The molecule has 0 radical (unpaired) electrons. The Morgan fingerprint density at radius 1 is 1.16 bits per heavy atom. The minimum atomic E-state index is 0.524. The van der Waals surface area contributed by atoms with Crippen LogP contribution in [0.5, 0.6) is 0 Å². The van der Waals surface area contributed by atoms with Gasteiger partial charge in [0.2, 0.25) is 0 Å². The van der Waals surface area contributed by atoms with Gasteiger partial charge in [0.05, 0.1) is 0 Å². The molecule has 0 amide bonds. The van der Waals surface area contributed by atoms with Gasteiger partial charge in [-0.05, 0) is 55.2 Å². The first-order chi connectivity index (χ1) is 9.20. The quantitative estimate of drug-likeness (QED) is 0.723. The topological polar surface area (TPSA) is 12.0 Å². The van der Waals surface area contributed by atoms with E-state index in [1.165, 1.54) is 37.7 Å². The summed E-state index contributed by atoms with van der Waals surface area (Å²) in [6.07, 6.45) is 6.63. The first-order valence-corrected chi connectivity index (χ1v) is 8.04. The molecule has 19 heavy (non-hydrogen) atoms. The Bertz CT molecular complexity index is 362. The fourth-order valence-electron chi connectivity index (χ4n) is 2.87. The van der Waals surface area contributed by atoms with Crippen LogP contribution in [0.3, 0.4) is 0 Å². The van der Waals surface area contributed by atoms with Gasteiger partial charge in [0, 0.05) is 6.04 Å². The fourth-order valence-corrected chi connectivity index (χ4v) is 2.87. The van der Waals surface area contributed by atoms with Gasteiger partial charge in [-0.3, -0.25) is 0 Å². The smallest absolute Gasteiger partial charge is 0.0322 e. The molecule has 1 saturated carbocycles. The lowest BCUT2D eigenvalue weighted by molar-refractivity contribution is 0.417. The van der Waals surface area contributed by atoms with E-state index in [1.807, 2.05) is 0 Å². The van der Waals surface area contributed by atoms with Gasteiger partial charge in [-0.2, -0.15) is 0 Å². The van der Waals surface area contributed by atoms with E-state index in [0.29, 0.717) is 6.04 Å². The van der Waals surface area contributed by atoms with Crippen LogP contribution in [-0.2, 0) is 0 Å². The highest BCUT2D eigenvalue weighted by molar-refractivity contribution is 5.28. The molecule has 0 bridgehead atoms. The third-order valence-electron chi connectivity index (χ3n) is 4.26. The Hall–Kier alpha value is -0.820. The minimum Gasteiger partial charge on any atom is -0.310 e. The molecule has 1 N–H and O–H groups in total. The van der Waals surface area contributed by atoms with E-state index in [2.05, 4.69) is 50.4 Å². The molecule has 1 aromatic carbocycles. The predicted octanol–water partition coefficient (Wildman–Crippen LogP) is 5.04. The van der Waals surface area contributed by atoms with Crippen LogP contribution in [0.4, 0.5) is 0 Å². The van der Waals surface area contributed by atoms with Crippen LogP contribution >= 0.6 is 0 Å². The lowest BCUT2D eigenvalue weighted by atomic mass is 9.79. The van der Waals surface area contributed by atoms with Crippen molar-refractivity contribution in [3.8, 4) is 0 Å². The predicted molar refractivity (Wildman–Crippen MR) is 83.5 cm³/mol. The molecule has 0 saturated heterocycles. The van der Waals surface area contributed by atoms with Crippen molar-refractivity contribution >= 4 is 0 Å². The van der Waals surface area contributed by atoms with Crippen molar-refractivity contribution in [1.82, 2.24) is 5.32 Å². The van der Waals surface area contributed by atoms with Crippen molar-refractivity contribution in [3.63, 3.8) is 0 Å². The molecule has 1 aliphatic rings. The zero-order chi connectivity index (χ0) is 13.7. The van der Waals surface area contributed by atoms with Gasteiger partial charge in [-0.1, -0.05) is 51.5 Å². The second kappa shape index (κ2) is 7.09. The molecule has 106 valence electrons. The average Bonchev–Trinajstić information content (AvgIpc) is 2.33. The standard InChI is InChI=1S/C18H29N/c1-4-12-19-18(13-14(2)3)17-10-8-16(9-11-17)15-6-5-7-15/h8-11,14-15,18-19H,4-7,12-13H2,1-3H3. The Labute approximate surface area is 118 Å². The van der Waals surface area contributed by atoms with Gasteiger partial charge in [0.1, 0.15) is 0 Å².